The maximum absolute atomic E-state index is 12.8. The summed E-state index contributed by atoms with van der Waals surface area (Å²) in [6.07, 6.45) is 3.86. The van der Waals surface area contributed by atoms with Gasteiger partial charge in [-0.1, -0.05) is 18.2 Å². The van der Waals surface area contributed by atoms with Gasteiger partial charge in [0.1, 0.15) is 0 Å². The zero-order chi connectivity index (χ0) is 20.0. The van der Waals surface area contributed by atoms with Gasteiger partial charge in [0.25, 0.3) is 0 Å². The molecule has 2 aromatic carbocycles. The number of ketones is 1. The second-order valence-electron chi connectivity index (χ2n) is 7.75. The van der Waals surface area contributed by atoms with Crippen molar-refractivity contribution in [3.05, 3.63) is 77.4 Å². The Morgan fingerprint density at radius 2 is 1.86 bits per heavy atom. The predicted octanol–water partition coefficient (Wildman–Crippen LogP) is 3.40. The summed E-state index contributed by atoms with van der Waals surface area (Å²) in [5.41, 5.74) is 6.87. The zero-order valence-electron chi connectivity index (χ0n) is 16.5. The normalized spacial score (nSPS) is 13.7. The molecule has 0 saturated carbocycles. The number of rotatable bonds is 4. The Morgan fingerprint density at radius 1 is 1.00 bits per heavy atom. The zero-order valence-corrected chi connectivity index (χ0v) is 16.5. The first-order valence-electron chi connectivity index (χ1n) is 9.63. The van der Waals surface area contributed by atoms with Crippen LogP contribution in [0, 0.1) is 0 Å². The Morgan fingerprint density at radius 3 is 2.69 bits per heavy atom. The van der Waals surface area contributed by atoms with E-state index in [9.17, 15) is 4.79 Å². The summed E-state index contributed by atoms with van der Waals surface area (Å²) in [4.78, 5) is 19.3. The third-order valence-electron chi connectivity index (χ3n) is 5.50. The number of benzene rings is 2. The van der Waals surface area contributed by atoms with Crippen molar-refractivity contribution in [2.75, 3.05) is 7.05 Å². The molecule has 6 nitrogen and oxygen atoms in total. The molecular weight excluding hydrogens is 362 g/mol. The molecule has 0 unspecified atom stereocenters. The van der Waals surface area contributed by atoms with E-state index >= 15 is 0 Å². The maximum atomic E-state index is 12.8. The number of nitrogens with zero attached hydrogens (tertiary/aromatic N) is 5. The highest BCUT2D eigenvalue weighted by molar-refractivity contribution is 5.98. The van der Waals surface area contributed by atoms with Gasteiger partial charge >= 0.3 is 0 Å². The molecule has 6 heteroatoms. The summed E-state index contributed by atoms with van der Waals surface area (Å²) in [5.74, 6) is 0.0683. The minimum atomic E-state index is 0.0683. The molecule has 0 aliphatic carbocycles. The van der Waals surface area contributed by atoms with Crippen LogP contribution in [0.25, 0.3) is 22.2 Å². The molecule has 3 heterocycles. The second-order valence-corrected chi connectivity index (χ2v) is 7.75. The summed E-state index contributed by atoms with van der Waals surface area (Å²) in [6.45, 7) is 1.84. The first-order chi connectivity index (χ1) is 14.1. The van der Waals surface area contributed by atoms with Gasteiger partial charge in [-0.15, -0.1) is 0 Å². The summed E-state index contributed by atoms with van der Waals surface area (Å²) in [6, 6.07) is 14.0. The maximum Gasteiger partial charge on any atom is 0.168 e. The van der Waals surface area contributed by atoms with Gasteiger partial charge in [-0.25, -0.2) is 4.98 Å². The molecule has 0 radical (unpaired) electrons. The van der Waals surface area contributed by atoms with Crippen LogP contribution in [0.3, 0.4) is 0 Å². The lowest BCUT2D eigenvalue weighted by atomic mass is 10.0. The summed E-state index contributed by atoms with van der Waals surface area (Å²) in [5, 5.41) is 9.55. The van der Waals surface area contributed by atoms with Crippen molar-refractivity contribution in [1.82, 2.24) is 24.6 Å². The number of carbonyl (C=O) groups excluding carboxylic acids is 1. The van der Waals surface area contributed by atoms with Crippen LogP contribution in [0.15, 0.2) is 55.0 Å². The quantitative estimate of drug-likeness (QED) is 0.506. The predicted molar refractivity (Wildman–Crippen MR) is 111 cm³/mol. The summed E-state index contributed by atoms with van der Waals surface area (Å²) >= 11 is 0. The SMILES string of the molecule is CN1Cc2ccc(C(=O)Cc3cc4cc(-c5cncn5C)ccc4nn3)cc2C1. The fourth-order valence-electron chi connectivity index (χ4n) is 3.97. The summed E-state index contributed by atoms with van der Waals surface area (Å²) in [7, 11) is 4.06. The molecule has 1 aliphatic rings. The average molecular weight is 383 g/mol. The number of carbonyl (C=O) groups is 1. The Bertz CT molecular complexity index is 1240. The molecule has 0 atom stereocenters. The van der Waals surface area contributed by atoms with Gasteiger partial charge in [-0.2, -0.15) is 10.2 Å². The van der Waals surface area contributed by atoms with Gasteiger partial charge in [0.15, 0.2) is 5.78 Å². The Kier molecular flexibility index (Phi) is 4.21. The van der Waals surface area contributed by atoms with Gasteiger partial charge in [-0.3, -0.25) is 9.69 Å². The van der Waals surface area contributed by atoms with Gasteiger partial charge in [0.05, 0.1) is 35.8 Å². The highest BCUT2D eigenvalue weighted by atomic mass is 16.1. The molecule has 29 heavy (non-hydrogen) atoms. The van der Waals surface area contributed by atoms with Crippen molar-refractivity contribution in [2.45, 2.75) is 19.5 Å². The third-order valence-corrected chi connectivity index (χ3v) is 5.50. The van der Waals surface area contributed by atoms with E-state index in [1.54, 1.807) is 6.33 Å². The largest absolute Gasteiger partial charge is 0.334 e. The van der Waals surface area contributed by atoms with E-state index in [0.29, 0.717) is 5.69 Å². The molecule has 144 valence electrons. The lowest BCUT2D eigenvalue weighted by Crippen LogP contribution is -2.08. The Hall–Kier alpha value is -3.38. The summed E-state index contributed by atoms with van der Waals surface area (Å²) < 4.78 is 1.98. The standard InChI is InChI=1S/C23H21N5O/c1-27-12-17-4-3-16(8-19(17)13-27)23(29)10-20-9-18-7-15(5-6-21(18)26-25-20)22-11-24-14-28(22)2/h3-9,11,14H,10,12-13H2,1-2H3. The van der Waals surface area contributed by atoms with E-state index < -0.39 is 0 Å². The number of hydrogen-bond donors (Lipinski definition) is 0. The van der Waals surface area contributed by atoms with Gasteiger partial charge < -0.3 is 4.57 Å². The fraction of sp³-hybridized carbons (Fsp3) is 0.217. The monoisotopic (exact) mass is 383 g/mol. The number of aryl methyl sites for hydroxylation is 1. The minimum absolute atomic E-state index is 0.0683. The van der Waals surface area contributed by atoms with E-state index in [1.165, 1.54) is 11.1 Å². The first kappa shape index (κ1) is 17.7. The van der Waals surface area contributed by atoms with Crippen LogP contribution in [0.4, 0.5) is 0 Å². The third kappa shape index (κ3) is 3.32. The number of imidazole rings is 1. The number of Topliss-reactive ketones (excluding diaryl/α,β-unsaturated/α-hetero) is 1. The van der Waals surface area contributed by atoms with Crippen molar-refractivity contribution < 1.29 is 4.79 Å². The van der Waals surface area contributed by atoms with Crippen LogP contribution >= 0.6 is 0 Å². The lowest BCUT2D eigenvalue weighted by molar-refractivity contribution is 0.0991. The number of hydrogen-bond acceptors (Lipinski definition) is 5. The van der Waals surface area contributed by atoms with Gasteiger partial charge in [0, 0.05) is 36.7 Å². The van der Waals surface area contributed by atoms with E-state index in [2.05, 4.69) is 39.3 Å². The van der Waals surface area contributed by atoms with Crippen LogP contribution < -0.4 is 0 Å². The molecule has 5 rings (SSSR count). The van der Waals surface area contributed by atoms with Crippen LogP contribution in [-0.2, 0) is 26.6 Å². The van der Waals surface area contributed by atoms with E-state index in [-0.39, 0.29) is 12.2 Å². The fourth-order valence-corrected chi connectivity index (χ4v) is 3.97. The number of fused-ring (bicyclic) bond motifs is 2. The first-order valence-corrected chi connectivity index (χ1v) is 9.63. The van der Waals surface area contributed by atoms with E-state index in [4.69, 9.17) is 0 Å². The molecule has 0 amide bonds. The van der Waals surface area contributed by atoms with E-state index in [1.807, 2.05) is 48.1 Å². The van der Waals surface area contributed by atoms with Crippen molar-refractivity contribution in [3.8, 4) is 11.3 Å². The molecule has 0 saturated heterocycles. The molecule has 2 aromatic heterocycles. The van der Waals surface area contributed by atoms with Crippen molar-refractivity contribution in [2.24, 2.45) is 7.05 Å². The average Bonchev–Trinajstić information content (AvgIpc) is 3.31. The molecular formula is C23H21N5O. The highest BCUT2D eigenvalue weighted by Gasteiger charge is 2.18. The van der Waals surface area contributed by atoms with Crippen LogP contribution in [0.5, 0.6) is 0 Å². The Balaban J connectivity index is 1.42. The highest BCUT2D eigenvalue weighted by Crippen LogP contribution is 2.25. The van der Waals surface area contributed by atoms with Gasteiger partial charge in [0.2, 0.25) is 0 Å². The van der Waals surface area contributed by atoms with Crippen molar-refractivity contribution >= 4 is 16.7 Å². The van der Waals surface area contributed by atoms with Crippen molar-refractivity contribution in [1.29, 1.82) is 0 Å². The van der Waals surface area contributed by atoms with Crippen LogP contribution in [-0.4, -0.2) is 37.5 Å². The van der Waals surface area contributed by atoms with Crippen LogP contribution in [0.2, 0.25) is 0 Å². The topological polar surface area (TPSA) is 63.9 Å². The molecule has 0 bridgehead atoms. The smallest absolute Gasteiger partial charge is 0.168 e. The minimum Gasteiger partial charge on any atom is -0.334 e. The van der Waals surface area contributed by atoms with Crippen molar-refractivity contribution in [3.63, 3.8) is 0 Å². The number of aromatic nitrogens is 4. The van der Waals surface area contributed by atoms with Crippen LogP contribution in [0.1, 0.15) is 27.2 Å². The van der Waals surface area contributed by atoms with Gasteiger partial charge in [-0.05, 0) is 42.4 Å². The molecule has 1 aliphatic heterocycles. The molecule has 0 N–H and O–H groups in total. The molecule has 4 aromatic rings. The lowest BCUT2D eigenvalue weighted by Gasteiger charge is -2.06. The van der Waals surface area contributed by atoms with E-state index in [0.717, 1.165) is 40.8 Å². The molecule has 0 spiro atoms. The molecule has 0 fully saturated rings. The Labute approximate surface area is 168 Å². The second kappa shape index (κ2) is 6.90.